The predicted molar refractivity (Wildman–Crippen MR) is 208 cm³/mol. The summed E-state index contributed by atoms with van der Waals surface area (Å²) in [6, 6.07) is 0. The SMILES string of the molecule is CCCCC[CH2][Ge]([CH2]CCCCC)([CH2]CCCCC)[C]1([Ge]([CH2]CCCCC)([CH2]CCCCC)[CH2]CCCCC)CCCCO1. The number of rotatable bonds is 32. The molecule has 1 heterocycles. The van der Waals surface area contributed by atoms with Crippen LogP contribution in [-0.2, 0) is 4.74 Å². The number of hydrogen-bond donors (Lipinski definition) is 0. The Bertz CT molecular complexity index is 505. The molecule has 1 aliphatic heterocycles. The van der Waals surface area contributed by atoms with Crippen molar-refractivity contribution < 1.29 is 4.74 Å². The molecule has 1 rings (SSSR count). The molecule has 0 aliphatic carbocycles. The van der Waals surface area contributed by atoms with Gasteiger partial charge in [-0.1, -0.05) is 0 Å². The van der Waals surface area contributed by atoms with Gasteiger partial charge in [0, 0.05) is 0 Å². The van der Waals surface area contributed by atoms with Gasteiger partial charge in [0.05, 0.1) is 0 Å². The summed E-state index contributed by atoms with van der Waals surface area (Å²) in [6.07, 6.45) is 39.6. The fraction of sp³-hybridized carbons (Fsp3) is 1.00. The van der Waals surface area contributed by atoms with E-state index < -0.39 is 26.5 Å². The maximum absolute atomic E-state index is 7.91. The van der Waals surface area contributed by atoms with Gasteiger partial charge in [-0.2, -0.15) is 0 Å². The van der Waals surface area contributed by atoms with Gasteiger partial charge in [-0.25, -0.2) is 0 Å². The Morgan fingerprint density at radius 1 is 0.364 bits per heavy atom. The minimum absolute atomic E-state index is 0.466. The van der Waals surface area contributed by atoms with Crippen LogP contribution in [0.5, 0.6) is 0 Å². The molecule has 0 unspecified atom stereocenters. The Hall–Kier alpha value is 1.05. The molecule has 1 nitrogen and oxygen atoms in total. The van der Waals surface area contributed by atoms with Crippen molar-refractivity contribution in [3.8, 4) is 0 Å². The average Bonchev–Trinajstić information content (AvgIpc) is 3.05. The van der Waals surface area contributed by atoms with Crippen molar-refractivity contribution in [3.05, 3.63) is 0 Å². The molecule has 1 saturated heterocycles. The second kappa shape index (κ2) is 27.9. The molecule has 0 saturated carbocycles. The molecule has 0 radical (unpaired) electrons. The standard InChI is InChI=1S/C41H86Ge2O/c1-7-13-19-26-34-42(35-27-20-14-8-2,36-28-21-15-9-3)41(33-25-32-40-44-41)43(37-29-22-16-10-4,38-30-23-17-11-5)39-31-24-18-12-6/h7-40H2,1-6H3. The van der Waals surface area contributed by atoms with E-state index in [1.54, 1.807) is 70.0 Å². The Labute approximate surface area is 286 Å². The summed E-state index contributed by atoms with van der Waals surface area (Å²) in [4.78, 5) is 0. The molecule has 1 fully saturated rings. The second-order valence-corrected chi connectivity index (χ2v) is 38.2. The van der Waals surface area contributed by atoms with Crippen molar-refractivity contribution in [1.29, 1.82) is 0 Å². The van der Waals surface area contributed by atoms with E-state index >= 15 is 0 Å². The first-order valence-corrected chi connectivity index (χ1v) is 32.2. The molecule has 44 heavy (non-hydrogen) atoms. The second-order valence-electron chi connectivity index (χ2n) is 15.6. The van der Waals surface area contributed by atoms with Crippen molar-refractivity contribution >= 4 is 26.5 Å². The molecule has 264 valence electrons. The quantitative estimate of drug-likeness (QED) is 0.0493. The predicted octanol–water partition coefficient (Wildman–Crippen LogP) is 15.4. The van der Waals surface area contributed by atoms with Crippen LogP contribution in [0.4, 0.5) is 0 Å². The van der Waals surface area contributed by atoms with Crippen molar-refractivity contribution in [3.63, 3.8) is 0 Å². The van der Waals surface area contributed by atoms with Crippen molar-refractivity contribution in [2.45, 2.75) is 250 Å². The molecule has 0 atom stereocenters. The third kappa shape index (κ3) is 15.1. The van der Waals surface area contributed by atoms with Crippen LogP contribution in [0.1, 0.15) is 215 Å². The van der Waals surface area contributed by atoms with Crippen LogP contribution >= 0.6 is 0 Å². The number of unbranched alkanes of at least 4 members (excludes halogenated alkanes) is 18. The van der Waals surface area contributed by atoms with Gasteiger partial charge >= 0.3 is 288 Å². The van der Waals surface area contributed by atoms with Gasteiger partial charge in [0.1, 0.15) is 0 Å². The maximum atomic E-state index is 7.91. The first-order valence-electron chi connectivity index (χ1n) is 21.2. The Morgan fingerprint density at radius 3 is 0.841 bits per heavy atom. The van der Waals surface area contributed by atoms with Gasteiger partial charge in [0.15, 0.2) is 0 Å². The van der Waals surface area contributed by atoms with E-state index in [1.807, 2.05) is 0 Å². The van der Waals surface area contributed by atoms with Gasteiger partial charge in [0.2, 0.25) is 0 Å². The van der Waals surface area contributed by atoms with Crippen LogP contribution in [0.15, 0.2) is 0 Å². The van der Waals surface area contributed by atoms with Gasteiger partial charge < -0.3 is 0 Å². The Kier molecular flexibility index (Phi) is 27.3. The molecule has 1 aliphatic rings. The molecular weight excluding hydrogens is 654 g/mol. The number of hydrogen-bond acceptors (Lipinski definition) is 1. The van der Waals surface area contributed by atoms with Crippen molar-refractivity contribution in [2.24, 2.45) is 0 Å². The fourth-order valence-electron chi connectivity index (χ4n) is 9.50. The molecule has 0 aromatic rings. The zero-order valence-corrected chi connectivity index (χ0v) is 36.1. The summed E-state index contributed by atoms with van der Waals surface area (Å²) >= 11 is -4.83. The van der Waals surface area contributed by atoms with E-state index in [0.717, 1.165) is 6.61 Å². The molecule has 0 amide bonds. The minimum atomic E-state index is -2.42. The first kappa shape index (κ1) is 43.1. The Morgan fingerprint density at radius 2 is 0.636 bits per heavy atom. The van der Waals surface area contributed by atoms with Crippen molar-refractivity contribution in [2.75, 3.05) is 6.61 Å². The zero-order chi connectivity index (χ0) is 32.2. The average molecular weight is 740 g/mol. The molecule has 3 heteroatoms. The topological polar surface area (TPSA) is 9.23 Å². The van der Waals surface area contributed by atoms with Crippen LogP contribution in [0, 0.1) is 0 Å². The third-order valence-corrected chi connectivity index (χ3v) is 48.9. The zero-order valence-electron chi connectivity index (χ0n) is 31.9. The first-order chi connectivity index (χ1) is 21.6. The van der Waals surface area contributed by atoms with E-state index in [2.05, 4.69) is 41.5 Å². The van der Waals surface area contributed by atoms with Gasteiger partial charge in [-0.3, -0.25) is 0 Å². The van der Waals surface area contributed by atoms with Crippen LogP contribution in [0.25, 0.3) is 0 Å². The fourth-order valence-corrected chi connectivity index (χ4v) is 56.9. The van der Waals surface area contributed by atoms with Gasteiger partial charge in [-0.15, -0.1) is 0 Å². The molecular formula is C41H86Ge2O. The van der Waals surface area contributed by atoms with Gasteiger partial charge in [0.25, 0.3) is 0 Å². The van der Waals surface area contributed by atoms with E-state index in [-0.39, 0.29) is 0 Å². The summed E-state index contributed by atoms with van der Waals surface area (Å²) in [5, 5.41) is 10.0. The molecule has 0 bridgehead atoms. The monoisotopic (exact) mass is 743 g/mol. The van der Waals surface area contributed by atoms with Crippen LogP contribution in [0.3, 0.4) is 0 Å². The van der Waals surface area contributed by atoms with Gasteiger partial charge in [-0.05, 0) is 0 Å². The van der Waals surface area contributed by atoms with E-state index in [4.69, 9.17) is 4.74 Å². The summed E-state index contributed by atoms with van der Waals surface area (Å²) in [7, 11) is 0. The normalized spacial score (nSPS) is 15.7. The van der Waals surface area contributed by atoms with Crippen LogP contribution < -0.4 is 0 Å². The molecule has 0 N–H and O–H groups in total. The number of ether oxygens (including phenoxy) is 1. The van der Waals surface area contributed by atoms with Crippen molar-refractivity contribution in [1.82, 2.24) is 0 Å². The van der Waals surface area contributed by atoms with E-state index in [1.165, 1.54) is 135 Å². The summed E-state index contributed by atoms with van der Waals surface area (Å²) < 4.78 is 8.37. The molecule has 0 spiro atoms. The summed E-state index contributed by atoms with van der Waals surface area (Å²) in [6.45, 7) is 15.6. The van der Waals surface area contributed by atoms with E-state index in [9.17, 15) is 0 Å². The Balaban J connectivity index is 3.78. The van der Waals surface area contributed by atoms with E-state index in [0.29, 0.717) is 3.27 Å². The van der Waals surface area contributed by atoms with Crippen LogP contribution in [0.2, 0.25) is 31.5 Å². The molecule has 0 aromatic heterocycles. The summed E-state index contributed by atoms with van der Waals surface area (Å²) in [5.74, 6) is 0. The summed E-state index contributed by atoms with van der Waals surface area (Å²) in [5.41, 5.74) is 0. The van der Waals surface area contributed by atoms with Crippen LogP contribution in [-0.4, -0.2) is 36.4 Å². The third-order valence-electron chi connectivity index (χ3n) is 12.0. The molecule has 0 aromatic carbocycles.